The van der Waals surface area contributed by atoms with E-state index in [1.807, 2.05) is 31.5 Å². The Morgan fingerprint density at radius 2 is 1.86 bits per heavy atom. The van der Waals surface area contributed by atoms with Gasteiger partial charge in [0.25, 0.3) is 0 Å². The molecule has 3 heterocycles. The van der Waals surface area contributed by atoms with E-state index >= 15 is 0 Å². The molecule has 0 atom stereocenters. The summed E-state index contributed by atoms with van der Waals surface area (Å²) in [6, 6.07) is 12.2. The van der Waals surface area contributed by atoms with Crippen molar-refractivity contribution in [3.8, 4) is 16.3 Å². The minimum atomic E-state index is -0.0528. The molecule has 5 nitrogen and oxygen atoms in total. The SMILES string of the molecule is Cc1nc2sc(-c3ccc(-n4cccc4)cc3)nn2c1CO. The Labute approximate surface area is 131 Å². The van der Waals surface area contributed by atoms with Crippen LogP contribution in [0, 0.1) is 6.92 Å². The molecule has 0 aliphatic carbocycles. The van der Waals surface area contributed by atoms with E-state index in [9.17, 15) is 5.11 Å². The Hall–Kier alpha value is -2.44. The number of aliphatic hydroxyl groups excluding tert-OH is 1. The number of nitrogens with zero attached hydrogens (tertiary/aromatic N) is 4. The van der Waals surface area contributed by atoms with Gasteiger partial charge in [-0.15, -0.1) is 0 Å². The van der Waals surface area contributed by atoms with Crippen molar-refractivity contribution < 1.29 is 5.11 Å². The summed E-state index contributed by atoms with van der Waals surface area (Å²) in [5.74, 6) is 0. The number of aliphatic hydroxyl groups is 1. The monoisotopic (exact) mass is 310 g/mol. The van der Waals surface area contributed by atoms with Gasteiger partial charge in [-0.25, -0.2) is 9.50 Å². The summed E-state index contributed by atoms with van der Waals surface area (Å²) in [5.41, 5.74) is 3.74. The summed E-state index contributed by atoms with van der Waals surface area (Å²) >= 11 is 1.53. The Morgan fingerprint density at radius 3 is 2.55 bits per heavy atom. The Balaban J connectivity index is 1.74. The first-order valence-corrected chi connectivity index (χ1v) is 7.77. The lowest BCUT2D eigenvalue weighted by atomic mass is 10.2. The van der Waals surface area contributed by atoms with Gasteiger partial charge in [-0.05, 0) is 43.3 Å². The van der Waals surface area contributed by atoms with Gasteiger partial charge in [0.05, 0.1) is 18.0 Å². The minimum absolute atomic E-state index is 0.0528. The van der Waals surface area contributed by atoms with Crippen molar-refractivity contribution in [3.05, 3.63) is 60.2 Å². The van der Waals surface area contributed by atoms with Crippen LogP contribution in [0.4, 0.5) is 0 Å². The molecule has 1 aromatic carbocycles. The normalized spacial score (nSPS) is 11.4. The van der Waals surface area contributed by atoms with E-state index in [0.717, 1.165) is 32.6 Å². The average Bonchev–Trinajstić information content (AvgIpc) is 3.22. The molecule has 6 heteroatoms. The molecule has 4 rings (SSSR count). The van der Waals surface area contributed by atoms with Crippen LogP contribution in [-0.4, -0.2) is 24.3 Å². The third kappa shape index (κ3) is 2.04. The molecule has 0 unspecified atom stereocenters. The predicted octanol–water partition coefficient (Wildman–Crippen LogP) is 3.05. The number of fused-ring (bicyclic) bond motifs is 1. The van der Waals surface area contributed by atoms with Crippen molar-refractivity contribution >= 4 is 16.3 Å². The van der Waals surface area contributed by atoms with Crippen molar-refractivity contribution in [1.82, 2.24) is 19.2 Å². The highest BCUT2D eigenvalue weighted by atomic mass is 32.1. The maximum atomic E-state index is 9.43. The zero-order valence-corrected chi connectivity index (χ0v) is 12.8. The van der Waals surface area contributed by atoms with E-state index in [-0.39, 0.29) is 6.61 Å². The van der Waals surface area contributed by atoms with Crippen LogP contribution in [0.3, 0.4) is 0 Å². The number of rotatable bonds is 3. The van der Waals surface area contributed by atoms with Gasteiger partial charge in [-0.3, -0.25) is 0 Å². The predicted molar refractivity (Wildman–Crippen MR) is 86.3 cm³/mol. The van der Waals surface area contributed by atoms with Crippen LogP contribution in [-0.2, 0) is 6.61 Å². The summed E-state index contributed by atoms with van der Waals surface area (Å²) in [5, 5.41) is 14.9. The fourth-order valence-corrected chi connectivity index (χ4v) is 3.44. The fourth-order valence-electron chi connectivity index (χ4n) is 2.47. The highest BCUT2D eigenvalue weighted by Gasteiger charge is 2.14. The second kappa shape index (κ2) is 5.08. The van der Waals surface area contributed by atoms with E-state index in [0.29, 0.717) is 0 Å². The van der Waals surface area contributed by atoms with Crippen molar-refractivity contribution in [2.75, 3.05) is 0 Å². The molecule has 0 spiro atoms. The molecule has 0 radical (unpaired) electrons. The van der Waals surface area contributed by atoms with E-state index in [4.69, 9.17) is 0 Å². The lowest BCUT2D eigenvalue weighted by Gasteiger charge is -2.03. The maximum absolute atomic E-state index is 9.43. The van der Waals surface area contributed by atoms with Crippen LogP contribution in [0.15, 0.2) is 48.8 Å². The van der Waals surface area contributed by atoms with Crippen LogP contribution in [0.1, 0.15) is 11.4 Å². The first kappa shape index (κ1) is 13.2. The van der Waals surface area contributed by atoms with Gasteiger partial charge in [0.2, 0.25) is 4.96 Å². The molecule has 1 N–H and O–H groups in total. The molecule has 3 aromatic heterocycles. The Bertz CT molecular complexity index is 919. The second-order valence-corrected chi connectivity index (χ2v) is 6.00. The lowest BCUT2D eigenvalue weighted by Crippen LogP contribution is -1.95. The molecule has 0 bridgehead atoms. The number of aromatic nitrogens is 4. The average molecular weight is 310 g/mol. The van der Waals surface area contributed by atoms with Gasteiger partial charge in [0, 0.05) is 23.6 Å². The standard InChI is InChI=1S/C16H14N4OS/c1-11-14(10-21)20-16(17-11)22-15(18-20)12-4-6-13(7-5-12)19-8-2-3-9-19/h2-9,21H,10H2,1H3. The van der Waals surface area contributed by atoms with Gasteiger partial charge in [-0.2, -0.15) is 5.10 Å². The van der Waals surface area contributed by atoms with Crippen LogP contribution in [0.2, 0.25) is 0 Å². The number of hydrogen-bond donors (Lipinski definition) is 1. The molecule has 0 aliphatic rings. The molecule has 0 fully saturated rings. The fraction of sp³-hybridized carbons (Fsp3) is 0.125. The molecular formula is C16H14N4OS. The highest BCUT2D eigenvalue weighted by Crippen LogP contribution is 2.27. The molecular weight excluding hydrogens is 296 g/mol. The molecule has 4 aromatic rings. The number of hydrogen-bond acceptors (Lipinski definition) is 4. The number of imidazole rings is 1. The lowest BCUT2D eigenvalue weighted by molar-refractivity contribution is 0.273. The van der Waals surface area contributed by atoms with Crippen LogP contribution >= 0.6 is 11.3 Å². The zero-order valence-electron chi connectivity index (χ0n) is 12.0. The summed E-state index contributed by atoms with van der Waals surface area (Å²) in [6.45, 7) is 1.83. The molecule has 0 aliphatic heterocycles. The third-order valence-electron chi connectivity index (χ3n) is 3.66. The van der Waals surface area contributed by atoms with Gasteiger partial charge in [0.1, 0.15) is 5.01 Å². The van der Waals surface area contributed by atoms with E-state index in [1.54, 1.807) is 4.52 Å². The van der Waals surface area contributed by atoms with E-state index in [2.05, 4.69) is 38.9 Å². The molecule has 0 amide bonds. The van der Waals surface area contributed by atoms with Crippen molar-refractivity contribution in [1.29, 1.82) is 0 Å². The number of benzene rings is 1. The van der Waals surface area contributed by atoms with Gasteiger partial charge < -0.3 is 9.67 Å². The third-order valence-corrected chi connectivity index (χ3v) is 4.62. The van der Waals surface area contributed by atoms with Crippen LogP contribution in [0.5, 0.6) is 0 Å². The summed E-state index contributed by atoms with van der Waals surface area (Å²) < 4.78 is 3.79. The Kier molecular flexibility index (Phi) is 3.06. The summed E-state index contributed by atoms with van der Waals surface area (Å²) in [7, 11) is 0. The maximum Gasteiger partial charge on any atom is 0.213 e. The molecule has 110 valence electrons. The van der Waals surface area contributed by atoms with Gasteiger partial charge in [0.15, 0.2) is 0 Å². The smallest absolute Gasteiger partial charge is 0.213 e. The van der Waals surface area contributed by atoms with Gasteiger partial charge in [-0.1, -0.05) is 11.3 Å². The molecule has 22 heavy (non-hydrogen) atoms. The van der Waals surface area contributed by atoms with Crippen LogP contribution in [0.25, 0.3) is 21.2 Å². The first-order valence-electron chi connectivity index (χ1n) is 6.96. The van der Waals surface area contributed by atoms with E-state index in [1.165, 1.54) is 11.3 Å². The van der Waals surface area contributed by atoms with Gasteiger partial charge >= 0.3 is 0 Å². The molecule has 0 saturated heterocycles. The Morgan fingerprint density at radius 1 is 1.14 bits per heavy atom. The summed E-state index contributed by atoms with van der Waals surface area (Å²) in [4.78, 5) is 5.25. The van der Waals surface area contributed by atoms with Crippen molar-refractivity contribution in [2.45, 2.75) is 13.5 Å². The largest absolute Gasteiger partial charge is 0.390 e. The summed E-state index contributed by atoms with van der Waals surface area (Å²) in [6.07, 6.45) is 4.03. The quantitative estimate of drug-likeness (QED) is 0.633. The highest BCUT2D eigenvalue weighted by molar-refractivity contribution is 7.19. The first-order chi connectivity index (χ1) is 10.8. The van der Waals surface area contributed by atoms with Crippen LogP contribution < -0.4 is 0 Å². The molecule has 0 saturated carbocycles. The van der Waals surface area contributed by atoms with E-state index < -0.39 is 0 Å². The zero-order chi connectivity index (χ0) is 15.1. The topological polar surface area (TPSA) is 55.4 Å². The minimum Gasteiger partial charge on any atom is -0.390 e. The second-order valence-electron chi connectivity index (χ2n) is 5.04. The number of aryl methyl sites for hydroxylation is 1. The van der Waals surface area contributed by atoms with Crippen molar-refractivity contribution in [3.63, 3.8) is 0 Å². The van der Waals surface area contributed by atoms with Crippen molar-refractivity contribution in [2.24, 2.45) is 0 Å².